The molecule has 1 saturated heterocycles. The summed E-state index contributed by atoms with van der Waals surface area (Å²) < 4.78 is 0. The van der Waals surface area contributed by atoms with Gasteiger partial charge in [-0.1, -0.05) is 0 Å². The number of hydrazine groups is 1. The summed E-state index contributed by atoms with van der Waals surface area (Å²) in [5.74, 6) is -3.68. The van der Waals surface area contributed by atoms with E-state index in [-0.39, 0.29) is 11.6 Å². The summed E-state index contributed by atoms with van der Waals surface area (Å²) in [4.78, 5) is 38.3. The lowest BCUT2D eigenvalue weighted by Crippen LogP contribution is -2.77. The molecule has 1 N–H and O–H groups in total. The van der Waals surface area contributed by atoms with Crippen LogP contribution in [0.4, 0.5) is 0 Å². The van der Waals surface area contributed by atoms with Crippen molar-refractivity contribution in [1.82, 2.24) is 10.3 Å². The molecule has 0 aromatic heterocycles. The van der Waals surface area contributed by atoms with Gasteiger partial charge in [-0.2, -0.15) is 0 Å². The molecule has 0 saturated carbocycles. The average molecular weight is 266 g/mol. The van der Waals surface area contributed by atoms with Crippen LogP contribution < -0.4 is 5.32 Å². The molecule has 0 spiro atoms. The third-order valence-electron chi connectivity index (χ3n) is 2.35. The summed E-state index contributed by atoms with van der Waals surface area (Å²) in [6, 6.07) is 0. The molecule has 0 aromatic rings. The molecule has 0 aromatic carbocycles. The van der Waals surface area contributed by atoms with Crippen molar-refractivity contribution in [2.75, 3.05) is 13.1 Å². The molecule has 1 heterocycles. The van der Waals surface area contributed by atoms with Crippen LogP contribution in [-0.4, -0.2) is 49.9 Å². The van der Waals surface area contributed by atoms with Crippen molar-refractivity contribution in [2.45, 2.75) is 12.0 Å². The highest BCUT2D eigenvalue weighted by Crippen LogP contribution is 2.25. The first-order valence-electron chi connectivity index (χ1n) is 4.34. The first-order chi connectivity index (χ1) is 8.26. The zero-order chi connectivity index (χ0) is 14.1. The predicted molar refractivity (Wildman–Crippen MR) is 49.2 cm³/mol. The molecule has 0 aliphatic carbocycles. The van der Waals surface area contributed by atoms with Gasteiger partial charge in [0, 0.05) is 11.6 Å². The molecular weight excluding hydrogens is 260 g/mol. The number of nitro groups is 4. The van der Waals surface area contributed by atoms with Crippen LogP contribution in [0.5, 0.6) is 0 Å². The van der Waals surface area contributed by atoms with Crippen molar-refractivity contribution < 1.29 is 19.8 Å². The molecule has 18 heavy (non-hydrogen) atoms. The summed E-state index contributed by atoms with van der Waals surface area (Å²) in [5, 5.41) is 43.1. The smallest absolute Gasteiger partial charge is 0.262 e. The van der Waals surface area contributed by atoms with E-state index in [9.17, 15) is 40.5 Å². The zero-order valence-electron chi connectivity index (χ0n) is 8.49. The van der Waals surface area contributed by atoms with Gasteiger partial charge in [-0.3, -0.25) is 30.3 Å². The predicted octanol–water partition coefficient (Wildman–Crippen LogP) is -2.11. The minimum Gasteiger partial charge on any atom is -0.262 e. The lowest BCUT2D eigenvalue weighted by Gasteiger charge is -2.28. The van der Waals surface area contributed by atoms with Crippen molar-refractivity contribution in [3.8, 4) is 0 Å². The minimum atomic E-state index is -3.68. The van der Waals surface area contributed by atoms with Crippen LogP contribution in [0.15, 0.2) is 0 Å². The third kappa shape index (κ3) is 1.63. The monoisotopic (exact) mass is 266 g/mol. The van der Waals surface area contributed by atoms with Gasteiger partial charge in [0.2, 0.25) is 0 Å². The largest absolute Gasteiger partial charge is 0.673 e. The van der Waals surface area contributed by atoms with E-state index < -0.39 is 38.3 Å². The van der Waals surface area contributed by atoms with Gasteiger partial charge in [0.1, 0.15) is 16.4 Å². The highest BCUT2D eigenvalue weighted by Gasteiger charge is 2.81. The Labute approximate surface area is 96.7 Å². The fraction of sp³-hybridized carbons (Fsp3) is 1.00. The van der Waals surface area contributed by atoms with E-state index in [1.54, 1.807) is 0 Å². The Morgan fingerprint density at radius 1 is 1.06 bits per heavy atom. The quantitative estimate of drug-likeness (QED) is 0.335. The number of nitrogens with zero attached hydrogens (tertiary/aromatic N) is 5. The van der Waals surface area contributed by atoms with E-state index in [1.807, 2.05) is 5.32 Å². The Morgan fingerprint density at radius 3 is 1.89 bits per heavy atom. The number of piperazine rings is 1. The molecule has 0 radical (unpaired) electrons. The lowest BCUT2D eigenvalue weighted by molar-refractivity contribution is -0.927. The van der Waals surface area contributed by atoms with Crippen LogP contribution >= 0.6 is 0 Å². The second kappa shape index (κ2) is 4.32. The fourth-order valence-corrected chi connectivity index (χ4v) is 1.62. The van der Waals surface area contributed by atoms with Crippen LogP contribution in [-0.2, 0) is 0 Å². The van der Waals surface area contributed by atoms with Gasteiger partial charge >= 0.3 is 12.0 Å². The van der Waals surface area contributed by atoms with E-state index in [2.05, 4.69) is 0 Å². The first-order valence-corrected chi connectivity index (χ1v) is 4.34. The van der Waals surface area contributed by atoms with Gasteiger partial charge in [-0.15, -0.1) is 0 Å². The van der Waals surface area contributed by atoms with E-state index in [4.69, 9.17) is 0 Å². The fourth-order valence-electron chi connectivity index (χ4n) is 1.62. The van der Waals surface area contributed by atoms with Crippen molar-refractivity contribution in [1.29, 1.82) is 0 Å². The topological polar surface area (TPSA) is 188 Å². The summed E-state index contributed by atoms with van der Waals surface area (Å²) in [7, 11) is 0. The summed E-state index contributed by atoms with van der Waals surface area (Å²) in [6.07, 6.45) is -2.53. The second-order valence-electron chi connectivity index (χ2n) is 3.20. The number of hydrogen-bond acceptors (Lipinski definition) is 9. The average Bonchev–Trinajstić information content (AvgIpc) is 2.26. The standard InChI is InChI=1S/C4H6N6O8/c11-7(12)3-4(8(13)14,9(15)16)6(10(17)18)2-1-5-3/h3,5H,1-2H2. The molecule has 100 valence electrons. The summed E-state index contributed by atoms with van der Waals surface area (Å²) >= 11 is 0. The summed E-state index contributed by atoms with van der Waals surface area (Å²) in [5.41, 5.74) is 0. The molecule has 14 heteroatoms. The van der Waals surface area contributed by atoms with E-state index in [0.29, 0.717) is 0 Å². The van der Waals surface area contributed by atoms with Crippen molar-refractivity contribution in [3.05, 3.63) is 40.5 Å². The van der Waals surface area contributed by atoms with Crippen molar-refractivity contribution in [3.63, 3.8) is 0 Å². The SMILES string of the molecule is O=[N+]([O-])C1NCCN([N+](=O)[O-])C1([N+](=O)[O-])[N+](=O)[O-]. The zero-order valence-corrected chi connectivity index (χ0v) is 8.49. The Balaban J connectivity index is 3.46. The highest BCUT2D eigenvalue weighted by molar-refractivity contribution is 4.79. The molecular formula is C4H6N6O8. The molecule has 1 atom stereocenters. The molecule has 1 rings (SSSR count). The van der Waals surface area contributed by atoms with Gasteiger partial charge in [0.25, 0.3) is 0 Å². The van der Waals surface area contributed by atoms with Gasteiger partial charge < -0.3 is 0 Å². The Hall–Kier alpha value is -2.64. The molecule has 1 aliphatic heterocycles. The Morgan fingerprint density at radius 2 is 1.56 bits per heavy atom. The van der Waals surface area contributed by atoms with Crippen LogP contribution in [0.25, 0.3) is 0 Å². The van der Waals surface area contributed by atoms with Crippen molar-refractivity contribution in [2.24, 2.45) is 0 Å². The maximum atomic E-state index is 10.8. The highest BCUT2D eigenvalue weighted by atomic mass is 16.7. The van der Waals surface area contributed by atoms with E-state index in [1.165, 1.54) is 0 Å². The van der Waals surface area contributed by atoms with Gasteiger partial charge in [-0.05, 0) is 0 Å². The molecule has 14 nitrogen and oxygen atoms in total. The molecule has 1 unspecified atom stereocenters. The van der Waals surface area contributed by atoms with Gasteiger partial charge in [0.05, 0.1) is 4.92 Å². The van der Waals surface area contributed by atoms with Crippen LogP contribution in [0, 0.1) is 40.5 Å². The summed E-state index contributed by atoms with van der Waals surface area (Å²) in [6.45, 7) is -1.07. The normalized spacial score (nSPS) is 22.2. The minimum absolute atomic E-state index is 0.350. The van der Waals surface area contributed by atoms with E-state index >= 15 is 0 Å². The lowest BCUT2D eigenvalue weighted by atomic mass is 10.2. The van der Waals surface area contributed by atoms with Crippen molar-refractivity contribution >= 4 is 0 Å². The Bertz CT molecular complexity index is 384. The third-order valence-corrected chi connectivity index (χ3v) is 2.35. The second-order valence-corrected chi connectivity index (χ2v) is 3.20. The maximum absolute atomic E-state index is 10.8. The molecule has 0 bridgehead atoms. The van der Waals surface area contributed by atoms with Crippen LogP contribution in [0.1, 0.15) is 0 Å². The Kier molecular flexibility index (Phi) is 3.22. The van der Waals surface area contributed by atoms with Gasteiger partial charge in [-0.25, -0.2) is 15.4 Å². The molecule has 1 aliphatic rings. The van der Waals surface area contributed by atoms with Crippen LogP contribution in [0.3, 0.4) is 0 Å². The van der Waals surface area contributed by atoms with E-state index in [0.717, 1.165) is 0 Å². The molecule has 0 amide bonds. The van der Waals surface area contributed by atoms with Gasteiger partial charge in [0.15, 0.2) is 5.03 Å². The first kappa shape index (κ1) is 13.4. The van der Waals surface area contributed by atoms with Crippen LogP contribution in [0.2, 0.25) is 0 Å². The number of rotatable bonds is 4. The molecule has 1 fully saturated rings. The number of nitrogens with one attached hydrogen (secondary N) is 1. The number of hydrogen-bond donors (Lipinski definition) is 1. The maximum Gasteiger partial charge on any atom is 0.673 e.